The van der Waals surface area contributed by atoms with E-state index in [9.17, 15) is 0 Å². The predicted octanol–water partition coefficient (Wildman–Crippen LogP) is 7.98. The van der Waals surface area contributed by atoms with Gasteiger partial charge in [0.1, 0.15) is 0 Å². The van der Waals surface area contributed by atoms with Crippen molar-refractivity contribution in [2.24, 2.45) is 0 Å². The second kappa shape index (κ2) is 55.3. The molecule has 6 aromatic carbocycles. The Morgan fingerprint density at radius 1 is 0.218 bits per heavy atom. The van der Waals surface area contributed by atoms with Gasteiger partial charge in [-0.2, -0.15) is 0 Å². The molecule has 0 amide bonds. The van der Waals surface area contributed by atoms with Gasteiger partial charge >= 0.3 is 0 Å². The average Bonchev–Trinajstić information content (AvgIpc) is 3.47. The predicted molar refractivity (Wildman–Crippen MR) is 312 cm³/mol. The van der Waals surface area contributed by atoms with Gasteiger partial charge in [-0.15, -0.1) is 0 Å². The second-order valence-corrected chi connectivity index (χ2v) is 16.4. The molecular formula is C60H88Na2O16. The molecule has 0 N–H and O–H groups in total. The van der Waals surface area contributed by atoms with Gasteiger partial charge in [-0.1, -0.05) is 97.1 Å². The van der Waals surface area contributed by atoms with Crippen LogP contribution >= 0.6 is 0 Å². The summed E-state index contributed by atoms with van der Waals surface area (Å²) in [6.07, 6.45) is 0. The second-order valence-electron chi connectivity index (χ2n) is 16.4. The molecule has 16 nitrogen and oxygen atoms in total. The van der Waals surface area contributed by atoms with E-state index in [2.05, 4.69) is 140 Å². The molecule has 0 atom stereocenters. The van der Waals surface area contributed by atoms with Crippen molar-refractivity contribution in [1.82, 2.24) is 0 Å². The minimum Gasteiger partial charge on any atom is -0.382 e. The first-order chi connectivity index (χ1) is 37.7. The molecule has 2 radical (unpaired) electrons. The van der Waals surface area contributed by atoms with Gasteiger partial charge in [0.2, 0.25) is 0 Å². The molecule has 0 aromatic heterocycles. The molecule has 0 unspecified atom stereocenters. The van der Waals surface area contributed by atoms with E-state index in [-0.39, 0.29) is 59.1 Å². The van der Waals surface area contributed by atoms with Gasteiger partial charge in [-0.3, -0.25) is 0 Å². The van der Waals surface area contributed by atoms with Crippen LogP contribution in [0.5, 0.6) is 0 Å². The Morgan fingerprint density at radius 2 is 0.321 bits per heavy atom. The van der Waals surface area contributed by atoms with Gasteiger partial charge in [-0.25, -0.2) is 0 Å². The number of hydrogen-bond acceptors (Lipinski definition) is 16. The SMILES string of the molecule is C1COCCOCCOCCOCCOCCO1.C1COCCOCCOCCOCCOCCO1.COCCOC.COCCOC.[Na].[Na].c1ccc2cc3ccccc3cc2c1.c1ccc2cc3ccccc3cc2c1. The number of methoxy groups -OCH3 is 4. The summed E-state index contributed by atoms with van der Waals surface area (Å²) in [5.41, 5.74) is 0. The molecule has 0 saturated carbocycles. The summed E-state index contributed by atoms with van der Waals surface area (Å²) in [7, 11) is 6.61. The normalized spacial score (nSPS) is 16.4. The van der Waals surface area contributed by atoms with Crippen LogP contribution in [0.3, 0.4) is 0 Å². The molecule has 0 spiro atoms. The van der Waals surface area contributed by atoms with E-state index in [0.717, 1.165) is 0 Å². The summed E-state index contributed by atoms with van der Waals surface area (Å²) in [6, 6.07) is 42.8. The Labute approximate surface area is 509 Å². The van der Waals surface area contributed by atoms with Gasteiger partial charge in [0.05, 0.1) is 185 Å². The molecular weight excluding hydrogens is 1020 g/mol. The zero-order valence-corrected chi connectivity index (χ0v) is 51.9. The topological polar surface area (TPSA) is 148 Å². The Morgan fingerprint density at radius 3 is 0.410 bits per heavy atom. The van der Waals surface area contributed by atoms with Gasteiger partial charge in [0, 0.05) is 87.6 Å². The van der Waals surface area contributed by atoms with Crippen LogP contribution in [0.4, 0.5) is 0 Å². The van der Waals surface area contributed by atoms with Crippen molar-refractivity contribution in [1.29, 1.82) is 0 Å². The van der Waals surface area contributed by atoms with Gasteiger partial charge < -0.3 is 75.8 Å². The van der Waals surface area contributed by atoms with Crippen molar-refractivity contribution in [2.45, 2.75) is 0 Å². The van der Waals surface area contributed by atoms with Crippen LogP contribution in [-0.4, -0.2) is 273 Å². The van der Waals surface area contributed by atoms with E-state index in [1.165, 1.54) is 43.1 Å². The van der Waals surface area contributed by atoms with Crippen LogP contribution in [0.25, 0.3) is 43.1 Å². The maximum absolute atomic E-state index is 5.33. The number of ether oxygens (including phenoxy) is 16. The first-order valence-corrected chi connectivity index (χ1v) is 26.3. The van der Waals surface area contributed by atoms with Crippen LogP contribution in [0, 0.1) is 0 Å². The largest absolute Gasteiger partial charge is 0.382 e. The Kier molecular flexibility index (Phi) is 52.2. The number of hydrogen-bond donors (Lipinski definition) is 0. The molecule has 0 bridgehead atoms. The van der Waals surface area contributed by atoms with Crippen LogP contribution in [0.15, 0.2) is 121 Å². The summed E-state index contributed by atoms with van der Waals surface area (Å²) in [5.74, 6) is 0. The molecule has 2 fully saturated rings. The zero-order chi connectivity index (χ0) is 53.9. The Bertz CT molecular complexity index is 1700. The van der Waals surface area contributed by atoms with Crippen molar-refractivity contribution >= 4 is 102 Å². The average molecular weight is 1110 g/mol. The molecule has 2 aliphatic rings. The van der Waals surface area contributed by atoms with Crippen LogP contribution < -0.4 is 0 Å². The van der Waals surface area contributed by atoms with Crippen LogP contribution in [-0.2, 0) is 75.8 Å². The van der Waals surface area contributed by atoms with Crippen molar-refractivity contribution < 1.29 is 75.8 Å². The fraction of sp³-hybridized carbons (Fsp3) is 0.533. The quantitative estimate of drug-likeness (QED) is 0.0901. The van der Waals surface area contributed by atoms with E-state index in [1.54, 1.807) is 28.4 Å². The number of fused-ring (bicyclic) bond motifs is 4. The third-order valence-electron chi connectivity index (χ3n) is 10.7. The molecule has 8 rings (SSSR count). The molecule has 2 saturated heterocycles. The summed E-state index contributed by atoms with van der Waals surface area (Å²) in [4.78, 5) is 0. The first kappa shape index (κ1) is 73.7. The first-order valence-electron chi connectivity index (χ1n) is 26.3. The maximum atomic E-state index is 5.33. The Hall–Kier alpha value is -2.28. The van der Waals surface area contributed by atoms with Crippen molar-refractivity contribution in [2.75, 3.05) is 213 Å². The standard InChI is InChI=1S/2C14H10.2C12H24O6.2C4H10O2.2Na/c2*1-2-6-12-10-14-8-4-3-7-13(14)9-11(12)5-1;2*1-2-14-5-6-16-9-10-18-12-11-17-8-7-15-4-3-13-1;2*1-5-3-4-6-2;;/h2*1-10H;2*1-12H2;2*3-4H2,1-2H3;;. The number of rotatable bonds is 6. The minimum atomic E-state index is 0. The summed E-state index contributed by atoms with van der Waals surface area (Å²) in [5, 5.41) is 10.5. The van der Waals surface area contributed by atoms with Crippen molar-refractivity contribution in [3.05, 3.63) is 121 Å². The van der Waals surface area contributed by atoms with Crippen molar-refractivity contribution in [3.8, 4) is 0 Å². The van der Waals surface area contributed by atoms with Crippen molar-refractivity contribution in [3.63, 3.8) is 0 Å². The molecule has 0 aliphatic carbocycles. The van der Waals surface area contributed by atoms with Gasteiger partial charge in [0.25, 0.3) is 0 Å². The summed E-state index contributed by atoms with van der Waals surface area (Å²) >= 11 is 0. The summed E-state index contributed by atoms with van der Waals surface area (Å²) < 4.78 is 82.6. The molecule has 78 heavy (non-hydrogen) atoms. The zero-order valence-electron chi connectivity index (χ0n) is 47.9. The fourth-order valence-electron chi connectivity index (χ4n) is 6.74. The molecule has 2 heterocycles. The van der Waals surface area contributed by atoms with E-state index in [1.807, 2.05) is 0 Å². The molecule has 426 valence electrons. The molecule has 6 aromatic rings. The third-order valence-corrected chi connectivity index (χ3v) is 10.7. The molecule has 18 heteroatoms. The van der Waals surface area contributed by atoms with E-state index >= 15 is 0 Å². The maximum Gasteiger partial charge on any atom is 0.0701 e. The fourth-order valence-corrected chi connectivity index (χ4v) is 6.74. The van der Waals surface area contributed by atoms with E-state index in [0.29, 0.717) is 185 Å². The van der Waals surface area contributed by atoms with E-state index < -0.39 is 0 Å². The third kappa shape index (κ3) is 39.2. The van der Waals surface area contributed by atoms with Crippen LogP contribution in [0.2, 0.25) is 0 Å². The molecule has 2 aliphatic heterocycles. The van der Waals surface area contributed by atoms with E-state index in [4.69, 9.17) is 56.8 Å². The minimum absolute atomic E-state index is 0. The monoisotopic (exact) mass is 1110 g/mol. The van der Waals surface area contributed by atoms with Crippen LogP contribution in [0.1, 0.15) is 0 Å². The smallest absolute Gasteiger partial charge is 0.0701 e. The van der Waals surface area contributed by atoms with Gasteiger partial charge in [-0.05, 0) is 67.4 Å². The number of benzene rings is 6. The summed E-state index contributed by atoms with van der Waals surface area (Å²) in [6.45, 7) is 16.8. The Balaban J connectivity index is 0.000000483. The van der Waals surface area contributed by atoms with Gasteiger partial charge in [0.15, 0.2) is 0 Å².